The first-order chi connectivity index (χ1) is 6.85. The van der Waals surface area contributed by atoms with E-state index in [1.54, 1.807) is 0 Å². The molecule has 0 aromatic carbocycles. The summed E-state index contributed by atoms with van der Waals surface area (Å²) in [7, 11) is 2.02. The Morgan fingerprint density at radius 3 is 2.13 bits per heavy atom. The Balaban J connectivity index is 2.65. The zero-order valence-corrected chi connectivity index (χ0v) is 9.62. The molecule has 0 radical (unpaired) electrons. The van der Waals surface area contributed by atoms with Crippen LogP contribution < -0.4 is 0 Å². The summed E-state index contributed by atoms with van der Waals surface area (Å²) in [5, 5.41) is 8.96. The number of ketones is 1. The predicted molar refractivity (Wildman–Crippen MR) is 56.6 cm³/mol. The third-order valence-corrected chi connectivity index (χ3v) is 3.24. The summed E-state index contributed by atoms with van der Waals surface area (Å²) < 4.78 is 0. The molecule has 1 fully saturated rings. The fourth-order valence-electron chi connectivity index (χ4n) is 1.89. The molecule has 1 aliphatic heterocycles. The molecule has 1 rings (SSSR count). The number of carboxylic acids is 1. The number of carbonyl (C=O) groups is 2. The van der Waals surface area contributed by atoms with Gasteiger partial charge in [0.15, 0.2) is 5.78 Å². The quantitative estimate of drug-likeness (QED) is 0.711. The predicted octanol–water partition coefficient (Wildman–Crippen LogP) is 1.01. The molecule has 0 spiro atoms. The number of likely N-dealkylation sites (tertiary alicyclic amines) is 1. The van der Waals surface area contributed by atoms with Crippen molar-refractivity contribution in [1.82, 2.24) is 4.90 Å². The molecule has 86 valence electrons. The summed E-state index contributed by atoms with van der Waals surface area (Å²) in [5.74, 6) is -1.22. The molecule has 0 aliphatic carbocycles. The third kappa shape index (κ3) is 2.56. The number of piperidine rings is 1. The van der Waals surface area contributed by atoms with Gasteiger partial charge < -0.3 is 10.0 Å². The number of hydrogen-bond acceptors (Lipinski definition) is 3. The van der Waals surface area contributed by atoms with E-state index >= 15 is 0 Å². The van der Waals surface area contributed by atoms with Crippen LogP contribution in [0.1, 0.15) is 26.7 Å². The fourth-order valence-corrected chi connectivity index (χ4v) is 1.89. The normalized spacial score (nSPS) is 20.2. The molecular weight excluding hydrogens is 194 g/mol. The standard InChI is InChI=1S/C11H19NO3/c1-11(2,10(14)15)9(13)8-4-6-12(3)7-5-8/h8H,4-7H2,1-3H3,(H,14,15). The summed E-state index contributed by atoms with van der Waals surface area (Å²) >= 11 is 0. The maximum Gasteiger partial charge on any atom is 0.316 e. The zero-order valence-electron chi connectivity index (χ0n) is 9.62. The van der Waals surface area contributed by atoms with Gasteiger partial charge in [-0.15, -0.1) is 0 Å². The van der Waals surface area contributed by atoms with Gasteiger partial charge in [0.1, 0.15) is 5.41 Å². The lowest BCUT2D eigenvalue weighted by molar-refractivity contribution is -0.154. The lowest BCUT2D eigenvalue weighted by atomic mass is 9.77. The van der Waals surface area contributed by atoms with E-state index in [1.165, 1.54) is 13.8 Å². The Kier molecular flexibility index (Phi) is 3.50. The van der Waals surface area contributed by atoms with Crippen molar-refractivity contribution >= 4 is 11.8 Å². The molecule has 0 bridgehead atoms. The van der Waals surface area contributed by atoms with Gasteiger partial charge in [0, 0.05) is 5.92 Å². The summed E-state index contributed by atoms with van der Waals surface area (Å²) in [6, 6.07) is 0. The molecule has 0 atom stereocenters. The van der Waals surface area contributed by atoms with Crippen LogP contribution in [0, 0.1) is 11.3 Å². The molecule has 0 aromatic heterocycles. The van der Waals surface area contributed by atoms with Crippen molar-refractivity contribution in [2.24, 2.45) is 11.3 Å². The largest absolute Gasteiger partial charge is 0.481 e. The van der Waals surface area contributed by atoms with Crippen molar-refractivity contribution < 1.29 is 14.7 Å². The molecule has 0 amide bonds. The monoisotopic (exact) mass is 213 g/mol. The van der Waals surface area contributed by atoms with Gasteiger partial charge in [0.05, 0.1) is 0 Å². The molecule has 1 N–H and O–H groups in total. The van der Waals surface area contributed by atoms with Gasteiger partial charge in [-0.05, 0) is 46.8 Å². The number of nitrogens with zero attached hydrogens (tertiary/aromatic N) is 1. The van der Waals surface area contributed by atoms with E-state index in [1.807, 2.05) is 7.05 Å². The summed E-state index contributed by atoms with van der Waals surface area (Å²) in [6.07, 6.45) is 1.57. The van der Waals surface area contributed by atoms with Crippen molar-refractivity contribution in [2.45, 2.75) is 26.7 Å². The van der Waals surface area contributed by atoms with Crippen LogP contribution >= 0.6 is 0 Å². The molecule has 1 heterocycles. The van der Waals surface area contributed by atoms with Crippen LogP contribution in [0.3, 0.4) is 0 Å². The Morgan fingerprint density at radius 1 is 1.27 bits per heavy atom. The summed E-state index contributed by atoms with van der Waals surface area (Å²) in [5.41, 5.74) is -1.24. The Labute approximate surface area is 90.3 Å². The van der Waals surface area contributed by atoms with E-state index in [2.05, 4.69) is 4.90 Å². The second-order valence-corrected chi connectivity index (χ2v) is 4.87. The van der Waals surface area contributed by atoms with Gasteiger partial charge in [0.2, 0.25) is 0 Å². The SMILES string of the molecule is CN1CCC(C(=O)C(C)(C)C(=O)O)CC1. The average Bonchev–Trinajstić information content (AvgIpc) is 2.17. The van der Waals surface area contributed by atoms with Crippen molar-refractivity contribution in [1.29, 1.82) is 0 Å². The highest BCUT2D eigenvalue weighted by Crippen LogP contribution is 2.27. The number of aliphatic carboxylic acids is 1. The van der Waals surface area contributed by atoms with E-state index in [0.717, 1.165) is 25.9 Å². The number of rotatable bonds is 3. The third-order valence-electron chi connectivity index (χ3n) is 3.24. The van der Waals surface area contributed by atoms with E-state index in [9.17, 15) is 9.59 Å². The zero-order chi connectivity index (χ0) is 11.6. The number of Topliss-reactive ketones (excluding diaryl/α,β-unsaturated/α-hetero) is 1. The summed E-state index contributed by atoms with van der Waals surface area (Å²) in [4.78, 5) is 25.1. The van der Waals surface area contributed by atoms with Crippen LogP contribution in [0.25, 0.3) is 0 Å². The van der Waals surface area contributed by atoms with Crippen molar-refractivity contribution in [3.8, 4) is 0 Å². The first-order valence-electron chi connectivity index (χ1n) is 5.32. The summed E-state index contributed by atoms with van der Waals surface area (Å²) in [6.45, 7) is 4.75. The molecule has 4 nitrogen and oxygen atoms in total. The smallest absolute Gasteiger partial charge is 0.316 e. The molecule has 15 heavy (non-hydrogen) atoms. The molecular formula is C11H19NO3. The lowest BCUT2D eigenvalue weighted by Crippen LogP contribution is -2.42. The van der Waals surface area contributed by atoms with Gasteiger partial charge in [-0.3, -0.25) is 9.59 Å². The van der Waals surface area contributed by atoms with Crippen LogP contribution in [-0.4, -0.2) is 41.9 Å². The Morgan fingerprint density at radius 2 is 1.73 bits per heavy atom. The maximum atomic E-state index is 12.0. The van der Waals surface area contributed by atoms with Crippen LogP contribution in [0.15, 0.2) is 0 Å². The van der Waals surface area contributed by atoms with Gasteiger partial charge in [-0.1, -0.05) is 0 Å². The molecule has 0 unspecified atom stereocenters. The van der Waals surface area contributed by atoms with Crippen LogP contribution in [0.4, 0.5) is 0 Å². The maximum absolute atomic E-state index is 12.0. The molecule has 1 aliphatic rings. The van der Waals surface area contributed by atoms with E-state index in [-0.39, 0.29) is 11.7 Å². The van der Waals surface area contributed by atoms with Crippen molar-refractivity contribution in [3.63, 3.8) is 0 Å². The minimum atomic E-state index is -1.24. The molecule has 0 saturated carbocycles. The van der Waals surface area contributed by atoms with Crippen molar-refractivity contribution in [3.05, 3.63) is 0 Å². The minimum Gasteiger partial charge on any atom is -0.481 e. The molecule has 0 aromatic rings. The van der Waals surface area contributed by atoms with Crippen LogP contribution in [-0.2, 0) is 9.59 Å². The van der Waals surface area contributed by atoms with Gasteiger partial charge in [-0.2, -0.15) is 0 Å². The lowest BCUT2D eigenvalue weighted by Gasteiger charge is -2.31. The van der Waals surface area contributed by atoms with Gasteiger partial charge in [-0.25, -0.2) is 0 Å². The Bertz CT molecular complexity index is 265. The highest BCUT2D eigenvalue weighted by molar-refractivity contribution is 6.03. The topological polar surface area (TPSA) is 57.6 Å². The van der Waals surface area contributed by atoms with Gasteiger partial charge in [0.25, 0.3) is 0 Å². The minimum absolute atomic E-state index is 0.0766. The molecule has 4 heteroatoms. The second-order valence-electron chi connectivity index (χ2n) is 4.87. The van der Waals surface area contributed by atoms with E-state index in [0.29, 0.717) is 0 Å². The number of carbonyl (C=O) groups excluding carboxylic acids is 1. The molecule has 1 saturated heterocycles. The number of carboxylic acid groups (broad SMARTS) is 1. The fraction of sp³-hybridized carbons (Fsp3) is 0.818. The highest BCUT2D eigenvalue weighted by Gasteiger charge is 2.40. The van der Waals surface area contributed by atoms with Gasteiger partial charge >= 0.3 is 5.97 Å². The van der Waals surface area contributed by atoms with Crippen LogP contribution in [0.2, 0.25) is 0 Å². The van der Waals surface area contributed by atoms with Crippen molar-refractivity contribution in [2.75, 3.05) is 20.1 Å². The Hall–Kier alpha value is -0.900. The van der Waals surface area contributed by atoms with E-state index in [4.69, 9.17) is 5.11 Å². The van der Waals surface area contributed by atoms with Crippen LogP contribution in [0.5, 0.6) is 0 Å². The average molecular weight is 213 g/mol. The first kappa shape index (κ1) is 12.2. The second kappa shape index (κ2) is 4.31. The number of hydrogen-bond donors (Lipinski definition) is 1. The highest BCUT2D eigenvalue weighted by atomic mass is 16.4. The first-order valence-corrected chi connectivity index (χ1v) is 5.32. The van der Waals surface area contributed by atoms with E-state index < -0.39 is 11.4 Å².